The van der Waals surface area contributed by atoms with Crippen molar-refractivity contribution in [3.8, 4) is 5.75 Å². The highest BCUT2D eigenvalue weighted by molar-refractivity contribution is 5.97. The van der Waals surface area contributed by atoms with E-state index < -0.39 is 0 Å². The number of benzene rings is 2. The maximum absolute atomic E-state index is 12.6. The maximum atomic E-state index is 12.6. The van der Waals surface area contributed by atoms with Crippen LogP contribution in [-0.4, -0.2) is 55.9 Å². The topological polar surface area (TPSA) is 61.9 Å². The Balaban J connectivity index is 1.56. The molecule has 1 atom stereocenters. The van der Waals surface area contributed by atoms with Crippen molar-refractivity contribution in [1.29, 1.82) is 0 Å². The predicted octanol–water partition coefficient (Wildman–Crippen LogP) is 3.05. The molecule has 0 spiro atoms. The Bertz CT molecular complexity index is 827. The van der Waals surface area contributed by atoms with Crippen LogP contribution in [-0.2, 0) is 4.79 Å². The zero-order chi connectivity index (χ0) is 20.1. The number of hydrogen-bond acceptors (Lipinski definition) is 5. The lowest BCUT2D eigenvalue weighted by atomic mass is 10.1. The Morgan fingerprint density at radius 2 is 1.64 bits per heavy atom. The molecule has 1 saturated heterocycles. The van der Waals surface area contributed by atoms with Gasteiger partial charge in [0.05, 0.1) is 18.8 Å². The number of hydrogen-bond donors (Lipinski definition) is 1. The number of rotatable bonds is 6. The van der Waals surface area contributed by atoms with Gasteiger partial charge in [0.2, 0.25) is 5.91 Å². The summed E-state index contributed by atoms with van der Waals surface area (Å²) >= 11 is 0. The summed E-state index contributed by atoms with van der Waals surface area (Å²) in [4.78, 5) is 28.5. The van der Waals surface area contributed by atoms with Crippen LogP contribution in [0.2, 0.25) is 0 Å². The van der Waals surface area contributed by atoms with E-state index in [1.807, 2.05) is 25.1 Å². The van der Waals surface area contributed by atoms with Crippen LogP contribution in [0, 0.1) is 0 Å². The van der Waals surface area contributed by atoms with Gasteiger partial charge in [-0.1, -0.05) is 12.1 Å². The molecule has 0 radical (unpaired) electrons. The number of anilines is 2. The normalized spacial score (nSPS) is 15.8. The van der Waals surface area contributed by atoms with Gasteiger partial charge >= 0.3 is 0 Å². The number of para-hydroxylation sites is 2. The van der Waals surface area contributed by atoms with E-state index in [0.29, 0.717) is 11.3 Å². The lowest BCUT2D eigenvalue weighted by Crippen LogP contribution is -2.52. The van der Waals surface area contributed by atoms with Crippen LogP contribution in [0.4, 0.5) is 11.4 Å². The molecule has 6 heteroatoms. The van der Waals surface area contributed by atoms with Crippen LogP contribution in [0.3, 0.4) is 0 Å². The SMILES string of the molecule is COc1ccccc1N1CCN([C@H](C)C(=O)Nc2ccc(C(C)=O)cc2)CC1. The van der Waals surface area contributed by atoms with Crippen molar-refractivity contribution in [2.75, 3.05) is 43.5 Å². The smallest absolute Gasteiger partial charge is 0.241 e. The highest BCUT2D eigenvalue weighted by atomic mass is 16.5. The molecule has 1 aliphatic rings. The second-order valence-electron chi connectivity index (χ2n) is 6.99. The highest BCUT2D eigenvalue weighted by Crippen LogP contribution is 2.28. The fourth-order valence-electron chi connectivity index (χ4n) is 3.44. The Labute approximate surface area is 166 Å². The molecule has 1 N–H and O–H groups in total. The average Bonchev–Trinajstić information content (AvgIpc) is 2.73. The van der Waals surface area contributed by atoms with E-state index in [1.165, 1.54) is 6.92 Å². The number of ether oxygens (including phenoxy) is 1. The molecule has 0 aliphatic carbocycles. The molecule has 0 bridgehead atoms. The molecule has 3 rings (SSSR count). The first-order valence-corrected chi connectivity index (χ1v) is 9.53. The zero-order valence-electron chi connectivity index (χ0n) is 16.6. The third-order valence-corrected chi connectivity index (χ3v) is 5.23. The van der Waals surface area contributed by atoms with Gasteiger partial charge in [0, 0.05) is 37.4 Å². The van der Waals surface area contributed by atoms with Gasteiger partial charge in [-0.15, -0.1) is 0 Å². The summed E-state index contributed by atoms with van der Waals surface area (Å²) in [5.74, 6) is 0.844. The fourth-order valence-corrected chi connectivity index (χ4v) is 3.44. The van der Waals surface area contributed by atoms with E-state index in [0.717, 1.165) is 37.6 Å². The summed E-state index contributed by atoms with van der Waals surface area (Å²) in [7, 11) is 1.68. The van der Waals surface area contributed by atoms with Crippen LogP contribution < -0.4 is 15.0 Å². The summed E-state index contributed by atoms with van der Waals surface area (Å²) < 4.78 is 5.46. The van der Waals surface area contributed by atoms with E-state index >= 15 is 0 Å². The minimum Gasteiger partial charge on any atom is -0.495 e. The largest absolute Gasteiger partial charge is 0.495 e. The van der Waals surface area contributed by atoms with Crippen molar-refractivity contribution in [2.45, 2.75) is 19.9 Å². The molecule has 1 amide bonds. The number of amides is 1. The molecule has 1 fully saturated rings. The van der Waals surface area contributed by atoms with Crippen LogP contribution in [0.5, 0.6) is 5.75 Å². The first kappa shape index (κ1) is 19.9. The third-order valence-electron chi connectivity index (χ3n) is 5.23. The summed E-state index contributed by atoms with van der Waals surface area (Å²) in [5.41, 5.74) is 2.43. The van der Waals surface area contributed by atoms with Gasteiger partial charge in [-0.2, -0.15) is 0 Å². The summed E-state index contributed by atoms with van der Waals surface area (Å²) in [6.45, 7) is 6.74. The van der Waals surface area contributed by atoms with Gasteiger partial charge in [-0.25, -0.2) is 0 Å². The quantitative estimate of drug-likeness (QED) is 0.780. The van der Waals surface area contributed by atoms with E-state index in [9.17, 15) is 9.59 Å². The van der Waals surface area contributed by atoms with Crippen molar-refractivity contribution in [3.05, 3.63) is 54.1 Å². The molecule has 2 aromatic rings. The number of nitrogens with one attached hydrogen (secondary N) is 1. The number of nitrogens with zero attached hydrogens (tertiary/aromatic N) is 2. The average molecular weight is 381 g/mol. The molecule has 6 nitrogen and oxygen atoms in total. The number of carbonyl (C=O) groups excluding carboxylic acids is 2. The van der Waals surface area contributed by atoms with Gasteiger partial charge in [-0.05, 0) is 50.2 Å². The number of piperazine rings is 1. The van der Waals surface area contributed by atoms with Gasteiger partial charge in [0.15, 0.2) is 5.78 Å². The van der Waals surface area contributed by atoms with Crippen LogP contribution in [0.1, 0.15) is 24.2 Å². The molecule has 28 heavy (non-hydrogen) atoms. The van der Waals surface area contributed by atoms with Gasteiger partial charge in [0.25, 0.3) is 0 Å². The lowest BCUT2D eigenvalue weighted by Gasteiger charge is -2.38. The Hall–Kier alpha value is -2.86. The number of methoxy groups -OCH3 is 1. The molecule has 0 saturated carbocycles. The first-order valence-electron chi connectivity index (χ1n) is 9.53. The zero-order valence-corrected chi connectivity index (χ0v) is 16.6. The predicted molar refractivity (Wildman–Crippen MR) is 111 cm³/mol. The van der Waals surface area contributed by atoms with Crippen molar-refractivity contribution in [3.63, 3.8) is 0 Å². The monoisotopic (exact) mass is 381 g/mol. The Morgan fingerprint density at radius 3 is 2.25 bits per heavy atom. The first-order chi connectivity index (χ1) is 13.5. The van der Waals surface area contributed by atoms with Gasteiger partial charge in [0.1, 0.15) is 5.75 Å². The van der Waals surface area contributed by atoms with E-state index in [2.05, 4.69) is 21.2 Å². The number of Topliss-reactive ketones (excluding diaryl/α,β-unsaturated/α-hetero) is 1. The fraction of sp³-hybridized carbons (Fsp3) is 0.364. The van der Waals surface area contributed by atoms with E-state index in [4.69, 9.17) is 4.74 Å². The van der Waals surface area contributed by atoms with E-state index in [1.54, 1.807) is 31.4 Å². The molecular formula is C22H27N3O3. The second kappa shape index (κ2) is 8.89. The molecule has 1 aliphatic heterocycles. The summed E-state index contributed by atoms with van der Waals surface area (Å²) in [6, 6.07) is 14.8. The van der Waals surface area contributed by atoms with Crippen LogP contribution in [0.15, 0.2) is 48.5 Å². The molecular weight excluding hydrogens is 354 g/mol. The molecule has 1 heterocycles. The summed E-state index contributed by atoms with van der Waals surface area (Å²) in [5, 5.41) is 2.94. The molecule has 0 unspecified atom stereocenters. The molecule has 2 aromatic carbocycles. The third kappa shape index (κ3) is 4.51. The van der Waals surface area contributed by atoms with Crippen LogP contribution >= 0.6 is 0 Å². The molecule has 148 valence electrons. The second-order valence-corrected chi connectivity index (χ2v) is 6.99. The van der Waals surface area contributed by atoms with Crippen molar-refractivity contribution < 1.29 is 14.3 Å². The van der Waals surface area contributed by atoms with Gasteiger partial charge in [-0.3, -0.25) is 14.5 Å². The highest BCUT2D eigenvalue weighted by Gasteiger charge is 2.26. The van der Waals surface area contributed by atoms with Crippen molar-refractivity contribution in [2.24, 2.45) is 0 Å². The maximum Gasteiger partial charge on any atom is 0.241 e. The van der Waals surface area contributed by atoms with Crippen molar-refractivity contribution >= 4 is 23.1 Å². The number of carbonyl (C=O) groups is 2. The minimum absolute atomic E-state index is 0.0131. The number of ketones is 1. The van der Waals surface area contributed by atoms with Gasteiger partial charge < -0.3 is 15.0 Å². The summed E-state index contributed by atoms with van der Waals surface area (Å²) in [6.07, 6.45) is 0. The minimum atomic E-state index is -0.229. The molecule has 0 aromatic heterocycles. The standard InChI is InChI=1S/C22H27N3O3/c1-16(22(27)23-19-10-8-18(9-11-19)17(2)26)24-12-14-25(15-13-24)20-6-4-5-7-21(20)28-3/h4-11,16H,12-15H2,1-3H3,(H,23,27)/t16-/m1/s1. The lowest BCUT2D eigenvalue weighted by molar-refractivity contribution is -0.120. The Morgan fingerprint density at radius 1 is 1.00 bits per heavy atom. The van der Waals surface area contributed by atoms with Crippen LogP contribution in [0.25, 0.3) is 0 Å². The van der Waals surface area contributed by atoms with Crippen molar-refractivity contribution in [1.82, 2.24) is 4.90 Å². The van der Waals surface area contributed by atoms with E-state index in [-0.39, 0.29) is 17.7 Å². The Kier molecular flexibility index (Phi) is 6.31.